The van der Waals surface area contributed by atoms with E-state index in [0.717, 1.165) is 5.56 Å². The Kier molecular flexibility index (Phi) is 5.10. The third kappa shape index (κ3) is 3.41. The van der Waals surface area contributed by atoms with Crippen LogP contribution < -0.4 is 10.6 Å². The smallest absolute Gasteiger partial charge is 0.174 e. The van der Waals surface area contributed by atoms with Gasteiger partial charge in [0, 0.05) is 10.6 Å². The summed E-state index contributed by atoms with van der Waals surface area (Å²) in [4.78, 5) is 0. The predicted octanol–water partition coefficient (Wildman–Crippen LogP) is 4.03. The van der Waals surface area contributed by atoms with Crippen LogP contribution in [0.1, 0.15) is 5.56 Å². The number of aliphatic hydroxyl groups is 1. The summed E-state index contributed by atoms with van der Waals surface area (Å²) in [6.45, 7) is 0. The molecular weight excluding hydrogens is 315 g/mol. The SMILES string of the molecule is O=P(c1ccccc1)(c1ccccc1)C(O)/C=C/c1ccccc1. The molecule has 1 unspecified atom stereocenters. The van der Waals surface area contributed by atoms with Gasteiger partial charge in [-0.05, 0) is 11.6 Å². The molecule has 0 saturated heterocycles. The topological polar surface area (TPSA) is 37.3 Å². The average molecular weight is 334 g/mol. The molecule has 0 aliphatic heterocycles. The van der Waals surface area contributed by atoms with Crippen LogP contribution in [0.15, 0.2) is 97.1 Å². The Labute approximate surface area is 142 Å². The monoisotopic (exact) mass is 334 g/mol. The second kappa shape index (κ2) is 7.44. The maximum absolute atomic E-state index is 13.8. The lowest BCUT2D eigenvalue weighted by Crippen LogP contribution is -2.24. The molecule has 0 heterocycles. The average Bonchev–Trinajstić information content (AvgIpc) is 2.67. The minimum absolute atomic E-state index is 0.654. The van der Waals surface area contributed by atoms with E-state index in [9.17, 15) is 9.67 Å². The van der Waals surface area contributed by atoms with Crippen molar-refractivity contribution in [2.75, 3.05) is 0 Å². The summed E-state index contributed by atoms with van der Waals surface area (Å²) in [7, 11) is -3.18. The lowest BCUT2D eigenvalue weighted by atomic mass is 10.2. The van der Waals surface area contributed by atoms with Gasteiger partial charge in [-0.15, -0.1) is 0 Å². The second-order valence-electron chi connectivity index (χ2n) is 5.51. The van der Waals surface area contributed by atoms with Gasteiger partial charge in [0.2, 0.25) is 0 Å². The Morgan fingerprint density at radius 1 is 0.708 bits per heavy atom. The van der Waals surface area contributed by atoms with Gasteiger partial charge in [-0.2, -0.15) is 0 Å². The van der Waals surface area contributed by atoms with Gasteiger partial charge in [0.05, 0.1) is 0 Å². The van der Waals surface area contributed by atoms with Gasteiger partial charge in [0.25, 0.3) is 0 Å². The van der Waals surface area contributed by atoms with Gasteiger partial charge in [0.15, 0.2) is 7.14 Å². The summed E-state index contributed by atoms with van der Waals surface area (Å²) in [5, 5.41) is 12.1. The fourth-order valence-corrected chi connectivity index (χ4v) is 5.10. The Bertz CT molecular complexity index is 799. The Morgan fingerprint density at radius 3 is 1.58 bits per heavy atom. The maximum Gasteiger partial charge on any atom is 0.174 e. The summed E-state index contributed by atoms with van der Waals surface area (Å²) < 4.78 is 13.8. The molecule has 0 amide bonds. The van der Waals surface area contributed by atoms with E-state index in [1.165, 1.54) is 0 Å². The number of benzene rings is 3. The number of aliphatic hydroxyl groups excluding tert-OH is 1. The molecule has 3 heteroatoms. The molecule has 0 fully saturated rings. The van der Waals surface area contributed by atoms with Crippen molar-refractivity contribution in [3.05, 3.63) is 103 Å². The van der Waals surface area contributed by atoms with Gasteiger partial charge in [0.1, 0.15) is 5.85 Å². The molecule has 0 radical (unpaired) electrons. The molecule has 0 aromatic heterocycles. The molecule has 1 atom stereocenters. The first-order chi connectivity index (χ1) is 11.7. The van der Waals surface area contributed by atoms with Gasteiger partial charge in [-0.3, -0.25) is 0 Å². The first-order valence-electron chi connectivity index (χ1n) is 7.83. The molecule has 2 nitrogen and oxygen atoms in total. The van der Waals surface area contributed by atoms with Crippen molar-refractivity contribution in [2.24, 2.45) is 0 Å². The van der Waals surface area contributed by atoms with Crippen molar-refractivity contribution in [1.82, 2.24) is 0 Å². The van der Waals surface area contributed by atoms with Crippen molar-refractivity contribution < 1.29 is 9.67 Å². The van der Waals surface area contributed by atoms with Crippen LogP contribution in [-0.4, -0.2) is 11.0 Å². The number of hydrogen-bond acceptors (Lipinski definition) is 2. The number of rotatable bonds is 5. The van der Waals surface area contributed by atoms with E-state index in [0.29, 0.717) is 10.6 Å². The van der Waals surface area contributed by atoms with Crippen LogP contribution in [0.2, 0.25) is 0 Å². The van der Waals surface area contributed by atoms with E-state index in [4.69, 9.17) is 0 Å². The summed E-state index contributed by atoms with van der Waals surface area (Å²) in [6.07, 6.45) is 3.43. The van der Waals surface area contributed by atoms with Crippen molar-refractivity contribution in [3.8, 4) is 0 Å². The van der Waals surface area contributed by atoms with E-state index in [-0.39, 0.29) is 0 Å². The highest BCUT2D eigenvalue weighted by atomic mass is 31.2. The fourth-order valence-electron chi connectivity index (χ4n) is 2.64. The minimum Gasteiger partial charge on any atom is -0.381 e. The molecule has 3 rings (SSSR count). The minimum atomic E-state index is -3.18. The van der Waals surface area contributed by atoms with E-state index < -0.39 is 13.0 Å². The van der Waals surface area contributed by atoms with Crippen molar-refractivity contribution in [1.29, 1.82) is 0 Å². The standard InChI is InChI=1S/C21H19O2P/c22-21(17-16-18-10-4-1-5-11-18)24(23,19-12-6-2-7-13-19)20-14-8-3-9-15-20/h1-17,21-22H/b17-16+. The first kappa shape index (κ1) is 16.4. The van der Waals surface area contributed by atoms with Crippen molar-refractivity contribution in [2.45, 2.75) is 5.85 Å². The van der Waals surface area contributed by atoms with Crippen molar-refractivity contribution in [3.63, 3.8) is 0 Å². The Hall–Kier alpha value is -2.41. The summed E-state index contributed by atoms with van der Waals surface area (Å²) >= 11 is 0. The van der Waals surface area contributed by atoms with E-state index in [1.807, 2.05) is 97.1 Å². The van der Waals surface area contributed by atoms with Crippen LogP contribution in [0, 0.1) is 0 Å². The molecule has 3 aromatic carbocycles. The third-order valence-electron chi connectivity index (χ3n) is 3.91. The normalized spacial score (nSPS) is 13.0. The maximum atomic E-state index is 13.8. The van der Waals surface area contributed by atoms with E-state index in [2.05, 4.69) is 0 Å². The molecule has 1 N–H and O–H groups in total. The molecule has 0 spiro atoms. The zero-order valence-electron chi connectivity index (χ0n) is 13.2. The van der Waals surface area contributed by atoms with Crippen LogP contribution in [0.4, 0.5) is 0 Å². The largest absolute Gasteiger partial charge is 0.381 e. The summed E-state index contributed by atoms with van der Waals surface area (Å²) in [5.41, 5.74) is 0.962. The lowest BCUT2D eigenvalue weighted by Gasteiger charge is -2.22. The molecule has 120 valence electrons. The van der Waals surface area contributed by atoms with Gasteiger partial charge in [-0.25, -0.2) is 0 Å². The summed E-state index contributed by atoms with van der Waals surface area (Å²) in [6, 6.07) is 28.1. The molecular formula is C21H19O2P. The molecule has 0 aliphatic rings. The van der Waals surface area contributed by atoms with Crippen LogP contribution in [-0.2, 0) is 4.57 Å². The molecule has 24 heavy (non-hydrogen) atoms. The fraction of sp³-hybridized carbons (Fsp3) is 0.0476. The van der Waals surface area contributed by atoms with Crippen LogP contribution in [0.25, 0.3) is 6.08 Å². The lowest BCUT2D eigenvalue weighted by molar-refractivity contribution is 0.297. The Morgan fingerprint density at radius 2 is 1.12 bits per heavy atom. The highest BCUT2D eigenvalue weighted by Crippen LogP contribution is 2.48. The molecule has 3 aromatic rings. The molecule has 0 bridgehead atoms. The van der Waals surface area contributed by atoms with Crippen LogP contribution in [0.5, 0.6) is 0 Å². The number of hydrogen-bond donors (Lipinski definition) is 1. The van der Waals surface area contributed by atoms with Gasteiger partial charge < -0.3 is 9.67 Å². The van der Waals surface area contributed by atoms with Crippen LogP contribution in [0.3, 0.4) is 0 Å². The second-order valence-corrected chi connectivity index (χ2v) is 8.39. The zero-order chi connectivity index (χ0) is 16.8. The summed E-state index contributed by atoms with van der Waals surface area (Å²) in [5.74, 6) is -1.08. The first-order valence-corrected chi connectivity index (χ1v) is 9.61. The third-order valence-corrected chi connectivity index (χ3v) is 6.96. The highest BCUT2D eigenvalue weighted by Gasteiger charge is 2.33. The van der Waals surface area contributed by atoms with E-state index in [1.54, 1.807) is 6.08 Å². The van der Waals surface area contributed by atoms with Crippen LogP contribution >= 0.6 is 7.14 Å². The highest BCUT2D eigenvalue weighted by molar-refractivity contribution is 7.79. The van der Waals surface area contributed by atoms with Gasteiger partial charge in [-0.1, -0.05) is 97.1 Å². The quantitative estimate of drug-likeness (QED) is 0.715. The molecule has 0 saturated carbocycles. The predicted molar refractivity (Wildman–Crippen MR) is 101 cm³/mol. The zero-order valence-corrected chi connectivity index (χ0v) is 14.1. The van der Waals surface area contributed by atoms with Crippen molar-refractivity contribution >= 4 is 23.8 Å². The Balaban J connectivity index is 2.02. The van der Waals surface area contributed by atoms with Gasteiger partial charge >= 0.3 is 0 Å². The molecule has 0 aliphatic carbocycles. The van der Waals surface area contributed by atoms with E-state index >= 15 is 0 Å².